The molecule has 6 heteroatoms. The first kappa shape index (κ1) is 13.8. The van der Waals surface area contributed by atoms with Gasteiger partial charge in [0.1, 0.15) is 17.9 Å². The molecule has 0 aliphatic carbocycles. The summed E-state index contributed by atoms with van der Waals surface area (Å²) in [6.07, 6.45) is 1.31. The highest BCUT2D eigenvalue weighted by atomic mass is 16.5. The standard InChI is InChI=1S/C14H15N3O3/c1-2-20-14(19)11-8-16-17(13(11)15)9-12(18)10-6-4-3-5-7-10/h3-8H,2,9,15H2,1H3. The van der Waals surface area contributed by atoms with Crippen LogP contribution in [0.1, 0.15) is 27.6 Å². The van der Waals surface area contributed by atoms with Crippen LogP contribution in [0.5, 0.6) is 0 Å². The molecule has 0 radical (unpaired) electrons. The Bertz CT molecular complexity index is 620. The highest BCUT2D eigenvalue weighted by Crippen LogP contribution is 2.13. The van der Waals surface area contributed by atoms with E-state index < -0.39 is 5.97 Å². The Kier molecular flexibility index (Phi) is 4.14. The van der Waals surface area contributed by atoms with Crippen LogP contribution >= 0.6 is 0 Å². The summed E-state index contributed by atoms with van der Waals surface area (Å²) in [6.45, 7) is 1.94. The van der Waals surface area contributed by atoms with E-state index in [2.05, 4.69) is 5.10 Å². The Morgan fingerprint density at radius 3 is 2.65 bits per heavy atom. The molecule has 0 fully saturated rings. The first-order valence-electron chi connectivity index (χ1n) is 6.20. The maximum absolute atomic E-state index is 12.0. The fourth-order valence-electron chi connectivity index (χ4n) is 1.74. The van der Waals surface area contributed by atoms with E-state index in [0.29, 0.717) is 5.56 Å². The van der Waals surface area contributed by atoms with Gasteiger partial charge in [-0.1, -0.05) is 30.3 Å². The van der Waals surface area contributed by atoms with Crippen molar-refractivity contribution in [1.82, 2.24) is 9.78 Å². The number of carbonyl (C=O) groups is 2. The maximum Gasteiger partial charge on any atom is 0.343 e. The van der Waals surface area contributed by atoms with Crippen LogP contribution in [0, 0.1) is 0 Å². The van der Waals surface area contributed by atoms with Gasteiger partial charge in [-0.25, -0.2) is 9.48 Å². The van der Waals surface area contributed by atoms with Gasteiger partial charge >= 0.3 is 5.97 Å². The zero-order chi connectivity index (χ0) is 14.5. The van der Waals surface area contributed by atoms with Gasteiger partial charge in [0.05, 0.1) is 12.8 Å². The molecule has 2 aromatic rings. The van der Waals surface area contributed by atoms with Crippen LogP contribution in [0.2, 0.25) is 0 Å². The molecule has 1 aromatic heterocycles. The molecule has 1 heterocycles. The van der Waals surface area contributed by atoms with Crippen molar-refractivity contribution >= 4 is 17.6 Å². The fraction of sp³-hybridized carbons (Fsp3) is 0.214. The van der Waals surface area contributed by atoms with Crippen molar-refractivity contribution in [2.75, 3.05) is 12.3 Å². The average molecular weight is 273 g/mol. The quantitative estimate of drug-likeness (QED) is 0.659. The molecular formula is C14H15N3O3. The molecule has 0 atom stereocenters. The summed E-state index contributed by atoms with van der Waals surface area (Å²) in [7, 11) is 0. The van der Waals surface area contributed by atoms with Gasteiger partial charge in [-0.2, -0.15) is 5.10 Å². The minimum absolute atomic E-state index is 0.0186. The van der Waals surface area contributed by atoms with Crippen LogP contribution in [0.25, 0.3) is 0 Å². The molecule has 0 saturated carbocycles. The monoisotopic (exact) mass is 273 g/mol. The number of aromatic nitrogens is 2. The van der Waals surface area contributed by atoms with Crippen LogP contribution in [0.3, 0.4) is 0 Å². The van der Waals surface area contributed by atoms with E-state index in [0.717, 1.165) is 0 Å². The van der Waals surface area contributed by atoms with Gasteiger partial charge in [0.2, 0.25) is 0 Å². The number of nitrogens with zero attached hydrogens (tertiary/aromatic N) is 2. The van der Waals surface area contributed by atoms with Gasteiger partial charge < -0.3 is 10.5 Å². The summed E-state index contributed by atoms with van der Waals surface area (Å²) in [5.74, 6) is -0.535. The lowest BCUT2D eigenvalue weighted by Gasteiger charge is -2.05. The van der Waals surface area contributed by atoms with E-state index >= 15 is 0 Å². The smallest absolute Gasteiger partial charge is 0.343 e. The van der Waals surface area contributed by atoms with Gasteiger partial charge in [-0.05, 0) is 6.92 Å². The SMILES string of the molecule is CCOC(=O)c1cnn(CC(=O)c2ccccc2)c1N. The molecule has 20 heavy (non-hydrogen) atoms. The third-order valence-electron chi connectivity index (χ3n) is 2.76. The summed E-state index contributed by atoms with van der Waals surface area (Å²) >= 11 is 0. The van der Waals surface area contributed by atoms with Crippen molar-refractivity contribution in [3.63, 3.8) is 0 Å². The largest absolute Gasteiger partial charge is 0.462 e. The molecule has 0 amide bonds. The average Bonchev–Trinajstić information content (AvgIpc) is 2.81. The van der Waals surface area contributed by atoms with Gasteiger partial charge in [0, 0.05) is 5.56 Å². The Hall–Kier alpha value is -2.63. The number of rotatable bonds is 5. The first-order chi connectivity index (χ1) is 9.63. The lowest BCUT2D eigenvalue weighted by Crippen LogP contribution is -2.15. The molecule has 0 unspecified atom stereocenters. The normalized spacial score (nSPS) is 10.2. The predicted molar refractivity (Wildman–Crippen MR) is 73.4 cm³/mol. The van der Waals surface area contributed by atoms with Gasteiger partial charge in [-0.15, -0.1) is 0 Å². The molecule has 104 valence electrons. The van der Waals surface area contributed by atoms with E-state index in [-0.39, 0.29) is 30.3 Å². The molecule has 2 N–H and O–H groups in total. The van der Waals surface area contributed by atoms with Crippen LogP contribution in [-0.2, 0) is 11.3 Å². The Morgan fingerprint density at radius 2 is 2.00 bits per heavy atom. The van der Waals surface area contributed by atoms with Crippen LogP contribution < -0.4 is 5.73 Å². The van der Waals surface area contributed by atoms with Crippen LogP contribution in [0.15, 0.2) is 36.5 Å². The molecule has 1 aromatic carbocycles. The number of ketones is 1. The van der Waals surface area contributed by atoms with Gasteiger partial charge in [0.25, 0.3) is 0 Å². The zero-order valence-corrected chi connectivity index (χ0v) is 11.1. The Morgan fingerprint density at radius 1 is 1.30 bits per heavy atom. The van der Waals surface area contributed by atoms with Crippen molar-refractivity contribution in [3.05, 3.63) is 47.7 Å². The highest BCUT2D eigenvalue weighted by molar-refractivity contribution is 5.97. The van der Waals surface area contributed by atoms with E-state index in [1.54, 1.807) is 31.2 Å². The third-order valence-corrected chi connectivity index (χ3v) is 2.76. The topological polar surface area (TPSA) is 87.2 Å². The first-order valence-corrected chi connectivity index (χ1v) is 6.20. The summed E-state index contributed by atoms with van der Waals surface area (Å²) < 4.78 is 6.15. The molecule has 2 rings (SSSR count). The highest BCUT2D eigenvalue weighted by Gasteiger charge is 2.17. The van der Waals surface area contributed by atoms with E-state index in [1.165, 1.54) is 10.9 Å². The number of carbonyl (C=O) groups excluding carboxylic acids is 2. The number of Topliss-reactive ketones (excluding diaryl/α,β-unsaturated/α-hetero) is 1. The van der Waals surface area contributed by atoms with Crippen molar-refractivity contribution in [2.45, 2.75) is 13.5 Å². The minimum Gasteiger partial charge on any atom is -0.462 e. The number of nitrogens with two attached hydrogens (primary N) is 1. The number of benzene rings is 1. The second-order valence-corrected chi connectivity index (χ2v) is 4.11. The maximum atomic E-state index is 12.0. The second-order valence-electron chi connectivity index (χ2n) is 4.11. The van der Waals surface area contributed by atoms with Crippen molar-refractivity contribution in [3.8, 4) is 0 Å². The molecule has 0 aliphatic heterocycles. The summed E-state index contributed by atoms with van der Waals surface area (Å²) in [5, 5.41) is 3.95. The summed E-state index contributed by atoms with van der Waals surface area (Å²) in [6, 6.07) is 8.83. The fourth-order valence-corrected chi connectivity index (χ4v) is 1.74. The number of anilines is 1. The van der Waals surface area contributed by atoms with E-state index in [4.69, 9.17) is 10.5 Å². The predicted octanol–water partition coefficient (Wildman–Crippen LogP) is 1.52. The Labute approximate surface area is 116 Å². The third kappa shape index (κ3) is 2.85. The minimum atomic E-state index is -0.539. The van der Waals surface area contributed by atoms with Gasteiger partial charge in [0.15, 0.2) is 5.78 Å². The van der Waals surface area contributed by atoms with Crippen molar-refractivity contribution in [1.29, 1.82) is 0 Å². The molecule has 0 spiro atoms. The molecule has 0 bridgehead atoms. The lowest BCUT2D eigenvalue weighted by atomic mass is 10.1. The lowest BCUT2D eigenvalue weighted by molar-refractivity contribution is 0.0527. The number of hydrogen-bond donors (Lipinski definition) is 1. The number of ether oxygens (including phenoxy) is 1. The number of hydrogen-bond acceptors (Lipinski definition) is 5. The molecular weight excluding hydrogens is 258 g/mol. The van der Waals surface area contributed by atoms with Crippen LogP contribution in [0.4, 0.5) is 5.82 Å². The molecule has 0 aliphatic rings. The summed E-state index contributed by atoms with van der Waals surface area (Å²) in [4.78, 5) is 23.6. The zero-order valence-electron chi connectivity index (χ0n) is 11.1. The van der Waals surface area contributed by atoms with Crippen molar-refractivity contribution in [2.24, 2.45) is 0 Å². The van der Waals surface area contributed by atoms with Crippen LogP contribution in [-0.4, -0.2) is 28.1 Å². The van der Waals surface area contributed by atoms with Crippen molar-refractivity contribution < 1.29 is 14.3 Å². The number of nitrogen functional groups attached to an aromatic ring is 1. The van der Waals surface area contributed by atoms with E-state index in [1.807, 2.05) is 6.07 Å². The van der Waals surface area contributed by atoms with Gasteiger partial charge in [-0.3, -0.25) is 4.79 Å². The summed E-state index contributed by atoms with van der Waals surface area (Å²) in [5.41, 5.74) is 6.55. The second kappa shape index (κ2) is 6.01. The van der Waals surface area contributed by atoms with E-state index in [9.17, 15) is 9.59 Å². The number of esters is 1. The molecule has 0 saturated heterocycles. The Balaban J connectivity index is 2.15. The molecule has 6 nitrogen and oxygen atoms in total.